The summed E-state index contributed by atoms with van der Waals surface area (Å²) in [5.41, 5.74) is -0.282. The molecular weight excluding hydrogens is 305 g/mol. The number of carbonyl (C=O) groups is 1. The first-order valence-electron chi connectivity index (χ1n) is 5.84. The van der Waals surface area contributed by atoms with Crippen molar-refractivity contribution < 1.29 is 17.6 Å². The molecular formula is C13H15ClFNO3S. The van der Waals surface area contributed by atoms with Crippen LogP contribution in [0.3, 0.4) is 0 Å². The number of hydrogen-bond donors (Lipinski definition) is 0. The average molecular weight is 320 g/mol. The molecule has 7 heteroatoms. The fourth-order valence-corrected chi connectivity index (χ4v) is 2.75. The first-order valence-corrected chi connectivity index (χ1v) is 8.15. The lowest BCUT2D eigenvalue weighted by molar-refractivity contribution is 0.0724. The Balaban J connectivity index is 3.40. The van der Waals surface area contributed by atoms with Gasteiger partial charge in [0.1, 0.15) is 5.82 Å². The van der Waals surface area contributed by atoms with Crippen molar-refractivity contribution in [3.05, 3.63) is 42.2 Å². The van der Waals surface area contributed by atoms with Crippen LogP contribution in [0.2, 0.25) is 0 Å². The highest BCUT2D eigenvalue weighted by atomic mass is 35.7. The lowest BCUT2D eigenvalue weighted by Gasteiger charge is -2.26. The molecule has 0 radical (unpaired) electrons. The predicted molar refractivity (Wildman–Crippen MR) is 75.8 cm³/mol. The molecule has 4 nitrogen and oxygen atoms in total. The van der Waals surface area contributed by atoms with E-state index in [0.29, 0.717) is 0 Å². The van der Waals surface area contributed by atoms with E-state index in [2.05, 4.69) is 6.58 Å². The van der Waals surface area contributed by atoms with E-state index in [-0.39, 0.29) is 18.2 Å². The van der Waals surface area contributed by atoms with Crippen molar-refractivity contribution in [3.8, 4) is 0 Å². The highest BCUT2D eigenvalue weighted by Crippen LogP contribution is 2.23. The third-order valence-electron chi connectivity index (χ3n) is 2.64. The number of rotatable bonds is 5. The van der Waals surface area contributed by atoms with Crippen LogP contribution in [0.1, 0.15) is 24.2 Å². The number of amides is 1. The summed E-state index contributed by atoms with van der Waals surface area (Å²) in [6.45, 7) is 7.27. The second-order valence-electron chi connectivity index (χ2n) is 4.42. The standard InChI is InChI=1S/C13H15ClFNO3S/c1-4-7-16(9(2)3)13(17)11-8-10(15)5-6-12(11)20(14,18)19/h4-6,8-9H,1,7H2,2-3H3. The van der Waals surface area contributed by atoms with Crippen molar-refractivity contribution in [2.75, 3.05) is 6.54 Å². The number of benzene rings is 1. The molecule has 1 aromatic carbocycles. The van der Waals surface area contributed by atoms with E-state index < -0.39 is 25.7 Å². The van der Waals surface area contributed by atoms with E-state index in [4.69, 9.17) is 10.7 Å². The largest absolute Gasteiger partial charge is 0.332 e. The fourth-order valence-electron chi connectivity index (χ4n) is 1.70. The average Bonchev–Trinajstić information content (AvgIpc) is 2.33. The second kappa shape index (κ2) is 6.37. The molecule has 0 atom stereocenters. The highest BCUT2D eigenvalue weighted by molar-refractivity contribution is 8.13. The fraction of sp³-hybridized carbons (Fsp3) is 0.308. The molecule has 0 N–H and O–H groups in total. The van der Waals surface area contributed by atoms with Gasteiger partial charge >= 0.3 is 0 Å². The number of halogens is 2. The summed E-state index contributed by atoms with van der Waals surface area (Å²) >= 11 is 0. The minimum Gasteiger partial charge on any atom is -0.332 e. The summed E-state index contributed by atoms with van der Waals surface area (Å²) in [7, 11) is 1.14. The summed E-state index contributed by atoms with van der Waals surface area (Å²) < 4.78 is 36.3. The van der Waals surface area contributed by atoms with E-state index in [1.165, 1.54) is 11.0 Å². The van der Waals surface area contributed by atoms with Gasteiger partial charge in [-0.05, 0) is 32.0 Å². The molecule has 0 aliphatic heterocycles. The molecule has 0 heterocycles. The van der Waals surface area contributed by atoms with Crippen molar-refractivity contribution in [1.82, 2.24) is 4.90 Å². The monoisotopic (exact) mass is 319 g/mol. The number of hydrogen-bond acceptors (Lipinski definition) is 3. The minimum atomic E-state index is -4.14. The van der Waals surface area contributed by atoms with Crippen LogP contribution in [-0.2, 0) is 9.05 Å². The lowest BCUT2D eigenvalue weighted by Crippen LogP contribution is -2.37. The summed E-state index contributed by atoms with van der Waals surface area (Å²) in [6, 6.07) is 2.60. The normalized spacial score (nSPS) is 11.4. The zero-order chi connectivity index (χ0) is 15.5. The molecule has 0 fully saturated rings. The van der Waals surface area contributed by atoms with E-state index in [9.17, 15) is 17.6 Å². The van der Waals surface area contributed by atoms with Crippen molar-refractivity contribution in [1.29, 1.82) is 0 Å². The van der Waals surface area contributed by atoms with Crippen molar-refractivity contribution >= 4 is 25.6 Å². The Labute approximate surface area is 122 Å². The van der Waals surface area contributed by atoms with Crippen LogP contribution in [0.25, 0.3) is 0 Å². The zero-order valence-electron chi connectivity index (χ0n) is 11.1. The van der Waals surface area contributed by atoms with Crippen LogP contribution in [0.4, 0.5) is 4.39 Å². The molecule has 0 spiro atoms. The van der Waals surface area contributed by atoms with Gasteiger partial charge in [0.25, 0.3) is 15.0 Å². The van der Waals surface area contributed by atoms with E-state index in [1.54, 1.807) is 13.8 Å². The Morgan fingerprint density at radius 2 is 2.10 bits per heavy atom. The van der Waals surface area contributed by atoms with E-state index in [0.717, 1.165) is 18.2 Å². The van der Waals surface area contributed by atoms with Crippen molar-refractivity contribution in [2.24, 2.45) is 0 Å². The van der Waals surface area contributed by atoms with Crippen LogP contribution in [0.15, 0.2) is 35.7 Å². The summed E-state index contributed by atoms with van der Waals surface area (Å²) in [6.07, 6.45) is 1.51. The summed E-state index contributed by atoms with van der Waals surface area (Å²) in [5, 5.41) is 0. The molecule has 1 rings (SSSR count). The summed E-state index contributed by atoms with van der Waals surface area (Å²) in [5.74, 6) is -1.32. The SMILES string of the molecule is C=CCN(C(=O)c1cc(F)ccc1S(=O)(=O)Cl)C(C)C. The Morgan fingerprint density at radius 1 is 1.50 bits per heavy atom. The lowest BCUT2D eigenvalue weighted by atomic mass is 10.1. The molecule has 0 saturated heterocycles. The maximum Gasteiger partial charge on any atom is 0.262 e. The number of carbonyl (C=O) groups excluding carboxylic acids is 1. The first kappa shape index (κ1) is 16.7. The Kier molecular flexibility index (Phi) is 5.30. The molecule has 0 aromatic heterocycles. The third kappa shape index (κ3) is 3.80. The van der Waals surface area contributed by atoms with Crippen LogP contribution in [0.5, 0.6) is 0 Å². The molecule has 1 amide bonds. The Bertz CT molecular complexity index is 629. The van der Waals surface area contributed by atoms with Gasteiger partial charge in [0.15, 0.2) is 0 Å². The molecule has 0 saturated carbocycles. The van der Waals surface area contributed by atoms with Crippen LogP contribution in [-0.4, -0.2) is 31.8 Å². The van der Waals surface area contributed by atoms with Crippen molar-refractivity contribution in [3.63, 3.8) is 0 Å². The predicted octanol–water partition coefficient (Wildman–Crippen LogP) is 2.79. The Hall–Kier alpha value is -1.40. The maximum absolute atomic E-state index is 13.3. The van der Waals surface area contributed by atoms with Crippen molar-refractivity contribution in [2.45, 2.75) is 24.8 Å². The van der Waals surface area contributed by atoms with E-state index >= 15 is 0 Å². The van der Waals surface area contributed by atoms with Gasteiger partial charge in [-0.15, -0.1) is 6.58 Å². The quantitative estimate of drug-likeness (QED) is 0.619. The third-order valence-corrected chi connectivity index (χ3v) is 4.02. The number of nitrogens with zero attached hydrogens (tertiary/aromatic N) is 1. The first-order chi connectivity index (χ1) is 9.18. The maximum atomic E-state index is 13.3. The molecule has 110 valence electrons. The molecule has 0 bridgehead atoms. The second-order valence-corrected chi connectivity index (χ2v) is 6.95. The molecule has 0 aliphatic carbocycles. The molecule has 0 aliphatic rings. The van der Waals surface area contributed by atoms with Gasteiger partial charge < -0.3 is 4.90 Å². The summed E-state index contributed by atoms with van der Waals surface area (Å²) in [4.78, 5) is 13.4. The minimum absolute atomic E-state index is 0.199. The molecule has 0 unspecified atom stereocenters. The van der Waals surface area contributed by atoms with Gasteiger partial charge in [-0.3, -0.25) is 4.79 Å². The highest BCUT2D eigenvalue weighted by Gasteiger charge is 2.25. The van der Waals surface area contributed by atoms with Crippen LogP contribution >= 0.6 is 10.7 Å². The smallest absolute Gasteiger partial charge is 0.262 e. The Morgan fingerprint density at radius 3 is 2.55 bits per heavy atom. The van der Waals surface area contributed by atoms with E-state index in [1.807, 2.05) is 0 Å². The van der Waals surface area contributed by atoms with Gasteiger partial charge in [-0.25, -0.2) is 12.8 Å². The van der Waals surface area contributed by atoms with Crippen LogP contribution < -0.4 is 0 Å². The topological polar surface area (TPSA) is 54.5 Å². The van der Waals surface area contributed by atoms with Gasteiger partial charge in [0, 0.05) is 23.3 Å². The molecule has 1 aromatic rings. The van der Waals surface area contributed by atoms with Gasteiger partial charge in [-0.1, -0.05) is 6.08 Å². The zero-order valence-corrected chi connectivity index (χ0v) is 12.7. The van der Waals surface area contributed by atoms with Gasteiger partial charge in [0.2, 0.25) is 0 Å². The van der Waals surface area contributed by atoms with Crippen LogP contribution in [0, 0.1) is 5.82 Å². The van der Waals surface area contributed by atoms with Gasteiger partial charge in [0.05, 0.1) is 10.5 Å². The van der Waals surface area contributed by atoms with Gasteiger partial charge in [-0.2, -0.15) is 0 Å². The molecule has 20 heavy (non-hydrogen) atoms.